The zero-order valence-electron chi connectivity index (χ0n) is 36.2. The number of nitrogens with zero attached hydrogens (tertiary/aromatic N) is 1. The number of hydrogen-bond donors (Lipinski definition) is 0. The van der Waals surface area contributed by atoms with Crippen molar-refractivity contribution in [1.29, 1.82) is 0 Å². The number of aromatic nitrogens is 1. The van der Waals surface area contributed by atoms with Crippen LogP contribution in [0.5, 0.6) is 0 Å². The largest absolute Gasteiger partial charge is 0.212 e. The topological polar surface area (TPSA) is 3.88 Å². The van der Waals surface area contributed by atoms with Gasteiger partial charge in [-0.25, -0.2) is 87.8 Å². The number of fused-ring (bicyclic) bond motifs is 4. The minimum absolute atomic E-state index is 0.845. The molecule has 0 atom stereocenters. The van der Waals surface area contributed by atoms with Crippen LogP contribution in [-0.2, 0) is 6.54 Å². The van der Waals surface area contributed by atoms with Gasteiger partial charge in [-0.3, -0.25) is 0 Å². The molecule has 1 aromatic heterocycles. The van der Waals surface area contributed by atoms with Crippen LogP contribution >= 0.6 is 0 Å². The van der Waals surface area contributed by atoms with Crippen LogP contribution in [0.1, 0.15) is 5.56 Å². The zero-order valence-corrected chi connectivity index (χ0v) is 36.2. The quantitative estimate of drug-likeness (QED) is 0.0390. The van der Waals surface area contributed by atoms with Crippen LogP contribution in [0.3, 0.4) is 0 Å². The van der Waals surface area contributed by atoms with Crippen LogP contribution in [0, 0.1) is 116 Å². The van der Waals surface area contributed by atoms with E-state index >= 15 is 35.1 Å². The van der Waals surface area contributed by atoms with Gasteiger partial charge >= 0.3 is 0 Å². The molecule has 1 heterocycles. The smallest absolute Gasteiger partial charge is 0.207 e. The molecule has 22 heteroatoms. The fourth-order valence-electron chi connectivity index (χ4n) is 9.42. The molecular weight excluding hydrogens is 1030 g/mol. The Hall–Kier alpha value is -8.17. The monoisotopic (exact) mass is 1050 g/mol. The van der Waals surface area contributed by atoms with Crippen LogP contribution in [0.4, 0.5) is 87.8 Å². The molecule has 0 bridgehead atoms. The molecule has 0 amide bonds. The van der Waals surface area contributed by atoms with Crippen molar-refractivity contribution in [3.63, 3.8) is 0 Å². The van der Waals surface area contributed by atoms with Gasteiger partial charge in [-0.15, -0.1) is 21.9 Å². The van der Waals surface area contributed by atoms with E-state index in [9.17, 15) is 52.7 Å². The third-order valence-electron chi connectivity index (χ3n) is 12.7. The van der Waals surface area contributed by atoms with Crippen molar-refractivity contribution in [3.05, 3.63) is 231 Å². The Balaban J connectivity index is 0.000000198. The molecule has 376 valence electrons. The molecular formula is C52H20BF20N. The van der Waals surface area contributed by atoms with Crippen LogP contribution < -0.4 is 26.4 Å². The van der Waals surface area contributed by atoms with Gasteiger partial charge in [-0.05, 0) is 62.6 Å². The lowest BCUT2D eigenvalue weighted by Gasteiger charge is -2.44. The van der Waals surface area contributed by atoms with Crippen molar-refractivity contribution < 1.29 is 92.4 Å². The molecule has 0 fully saturated rings. The van der Waals surface area contributed by atoms with E-state index in [4.69, 9.17) is 0 Å². The number of benzene rings is 9. The highest BCUT2D eigenvalue weighted by Crippen LogP contribution is 2.34. The van der Waals surface area contributed by atoms with E-state index in [2.05, 4.69) is 114 Å². The number of para-hydroxylation sites is 1. The summed E-state index contributed by atoms with van der Waals surface area (Å²) in [5.74, 6) is -71.4. The summed E-state index contributed by atoms with van der Waals surface area (Å²) in [5.41, 5.74) is -11.7. The standard InChI is InChI=1S/C28H20N.C24BF20/c1-2-10-22-18-26-24(16-21(22)9-1)17-23-11-3-5-13-25(23)27(26)19-29-15-7-12-20-8-4-6-14-28(20)29;26-5-1(6(27)14(35)21(42)13(5)34)25(2-7(28)15(36)22(43)16(37)8(2)29,3-9(30)17(38)23(44)18(39)10(3)31)4-11(32)19(40)24(45)20(41)12(4)33/h1-18H,19H2;/q+1;-1. The molecule has 9 aromatic carbocycles. The van der Waals surface area contributed by atoms with Crippen molar-refractivity contribution in [2.75, 3.05) is 0 Å². The maximum atomic E-state index is 15.4. The Bertz CT molecular complexity index is 3620. The maximum Gasteiger partial charge on any atom is 0.212 e. The highest BCUT2D eigenvalue weighted by molar-refractivity contribution is 7.20. The van der Waals surface area contributed by atoms with Gasteiger partial charge < -0.3 is 0 Å². The van der Waals surface area contributed by atoms with E-state index in [1.165, 1.54) is 48.8 Å². The molecule has 0 N–H and O–H groups in total. The second-order valence-electron chi connectivity index (χ2n) is 16.5. The van der Waals surface area contributed by atoms with Gasteiger partial charge in [0.2, 0.25) is 5.52 Å². The number of hydrogen-bond acceptors (Lipinski definition) is 0. The molecule has 74 heavy (non-hydrogen) atoms. The first-order valence-electron chi connectivity index (χ1n) is 21.0. The van der Waals surface area contributed by atoms with Gasteiger partial charge in [-0.2, -0.15) is 4.57 Å². The highest BCUT2D eigenvalue weighted by atomic mass is 19.2. The molecule has 0 aliphatic heterocycles. The predicted octanol–water partition coefficient (Wildman–Crippen LogP) is 12.5. The zero-order chi connectivity index (χ0) is 53.6. The van der Waals surface area contributed by atoms with E-state index in [0.29, 0.717) is 0 Å². The van der Waals surface area contributed by atoms with Crippen molar-refractivity contribution >= 4 is 71.2 Å². The maximum absolute atomic E-state index is 15.4. The number of halogens is 20. The molecule has 10 rings (SSSR count). The van der Waals surface area contributed by atoms with E-state index in [1.807, 2.05) is 0 Å². The molecule has 0 aliphatic rings. The van der Waals surface area contributed by atoms with Crippen LogP contribution in [-0.4, -0.2) is 6.15 Å². The summed E-state index contributed by atoms with van der Waals surface area (Å²) in [7, 11) is 0. The van der Waals surface area contributed by atoms with Gasteiger partial charge in [0.1, 0.15) is 52.7 Å². The van der Waals surface area contributed by atoms with Crippen molar-refractivity contribution in [1.82, 2.24) is 0 Å². The van der Waals surface area contributed by atoms with Crippen molar-refractivity contribution in [2.24, 2.45) is 0 Å². The van der Waals surface area contributed by atoms with Crippen molar-refractivity contribution in [2.45, 2.75) is 6.54 Å². The SMILES string of the molecule is Fc1c(F)c(F)c([B-](c2c(F)c(F)c(F)c(F)c2F)(c2c(F)c(F)c(F)c(F)c2F)c2c(F)c(F)c(F)c(F)c2F)c(F)c1F.c1ccc2cc3c(C[n+]4cccc5ccccc54)c4ccccc4cc3cc2c1. The van der Waals surface area contributed by atoms with Crippen LogP contribution in [0.15, 0.2) is 109 Å². The van der Waals surface area contributed by atoms with E-state index < -0.39 is 144 Å². The number of rotatable bonds is 6. The van der Waals surface area contributed by atoms with Crippen molar-refractivity contribution in [3.8, 4) is 0 Å². The molecule has 0 radical (unpaired) electrons. The van der Waals surface area contributed by atoms with Crippen LogP contribution in [0.2, 0.25) is 0 Å². The average Bonchev–Trinajstić information content (AvgIpc) is 3.46. The minimum atomic E-state index is -7.22. The summed E-state index contributed by atoms with van der Waals surface area (Å²) in [4.78, 5) is 0. The average molecular weight is 1050 g/mol. The first-order valence-corrected chi connectivity index (χ1v) is 21.0. The van der Waals surface area contributed by atoms with Gasteiger partial charge in [0, 0.05) is 23.1 Å². The summed E-state index contributed by atoms with van der Waals surface area (Å²) in [6.07, 6.45) is -5.03. The number of pyridine rings is 1. The highest BCUT2D eigenvalue weighted by Gasteiger charge is 2.52. The summed E-state index contributed by atoms with van der Waals surface area (Å²) in [5, 5.41) is 9.12. The van der Waals surface area contributed by atoms with E-state index in [-0.39, 0.29) is 0 Å². The van der Waals surface area contributed by atoms with Gasteiger partial charge in [0.15, 0.2) is 82.5 Å². The third-order valence-corrected chi connectivity index (χ3v) is 12.7. The van der Waals surface area contributed by atoms with Gasteiger partial charge in [0.05, 0.1) is 0 Å². The van der Waals surface area contributed by atoms with E-state index in [0.717, 1.165) is 6.54 Å². The summed E-state index contributed by atoms with van der Waals surface area (Å²) >= 11 is 0. The molecule has 1 nitrogen and oxygen atoms in total. The molecule has 0 aliphatic carbocycles. The fourth-order valence-corrected chi connectivity index (χ4v) is 9.42. The second kappa shape index (κ2) is 18.7. The third kappa shape index (κ3) is 7.54. The minimum Gasteiger partial charge on any atom is -0.207 e. The first kappa shape index (κ1) is 50.8. The second-order valence-corrected chi connectivity index (χ2v) is 16.5. The molecule has 10 aromatic rings. The lowest BCUT2D eigenvalue weighted by atomic mass is 9.12. The lowest BCUT2D eigenvalue weighted by molar-refractivity contribution is -0.662. The van der Waals surface area contributed by atoms with E-state index in [1.54, 1.807) is 0 Å². The predicted molar refractivity (Wildman–Crippen MR) is 231 cm³/mol. The summed E-state index contributed by atoms with van der Waals surface area (Å²) in [6.45, 7) is 0.845. The lowest BCUT2D eigenvalue weighted by Crippen LogP contribution is -2.81. The molecule has 0 saturated carbocycles. The van der Waals surface area contributed by atoms with Gasteiger partial charge in [-0.1, -0.05) is 60.7 Å². The Morgan fingerprint density at radius 3 is 0.973 bits per heavy atom. The molecule has 0 spiro atoms. The molecule has 0 saturated heterocycles. The van der Waals surface area contributed by atoms with Crippen LogP contribution in [0.25, 0.3) is 43.2 Å². The molecule has 0 unspecified atom stereocenters. The Morgan fingerprint density at radius 2 is 0.568 bits per heavy atom. The van der Waals surface area contributed by atoms with Gasteiger partial charge in [0.25, 0.3) is 0 Å². The Morgan fingerprint density at radius 1 is 0.270 bits per heavy atom. The Kier molecular flexibility index (Phi) is 12.8. The fraction of sp³-hybridized carbons (Fsp3) is 0.0192. The normalized spacial score (nSPS) is 11.8. The Labute approximate surface area is 400 Å². The first-order chi connectivity index (χ1) is 35.1. The summed E-state index contributed by atoms with van der Waals surface area (Å²) in [6, 6.07) is 37.3. The summed E-state index contributed by atoms with van der Waals surface area (Å²) < 4.78 is 296.